The summed E-state index contributed by atoms with van der Waals surface area (Å²) in [6.45, 7) is 6.37. The average molecular weight is 366 g/mol. The van der Waals surface area contributed by atoms with Gasteiger partial charge in [-0.15, -0.1) is 0 Å². The molecule has 1 N–H and O–H groups in total. The van der Waals surface area contributed by atoms with Crippen LogP contribution in [0, 0.1) is 19.8 Å². The second kappa shape index (κ2) is 7.82. The number of hydrogen-bond acceptors (Lipinski definition) is 3. The fraction of sp³-hybridized carbons (Fsp3) is 0.364. The predicted octanol–water partition coefficient (Wildman–Crippen LogP) is 3.54. The minimum atomic E-state index is -0.352. The van der Waals surface area contributed by atoms with Crippen LogP contribution in [0.25, 0.3) is 0 Å². The highest BCUT2D eigenvalue weighted by atomic mass is 16.5. The van der Waals surface area contributed by atoms with E-state index in [9.17, 15) is 9.59 Å². The number of amides is 2. The number of carbonyl (C=O) groups is 2. The SMILES string of the molecule is COc1ccccc1[C@H](C)NC(=O)[C@@H]1CC(=O)N(c2cccc(C)c2C)C1. The van der Waals surface area contributed by atoms with E-state index >= 15 is 0 Å². The number of hydrogen-bond donors (Lipinski definition) is 1. The summed E-state index contributed by atoms with van der Waals surface area (Å²) >= 11 is 0. The summed E-state index contributed by atoms with van der Waals surface area (Å²) in [7, 11) is 1.62. The van der Waals surface area contributed by atoms with Crippen molar-refractivity contribution < 1.29 is 14.3 Å². The lowest BCUT2D eigenvalue weighted by Gasteiger charge is -2.21. The number of anilines is 1. The number of rotatable bonds is 5. The molecule has 0 spiro atoms. The van der Waals surface area contributed by atoms with Crippen molar-refractivity contribution in [3.63, 3.8) is 0 Å². The Kier molecular flexibility index (Phi) is 5.49. The number of methoxy groups -OCH3 is 1. The number of nitrogens with zero attached hydrogens (tertiary/aromatic N) is 1. The van der Waals surface area contributed by atoms with Gasteiger partial charge >= 0.3 is 0 Å². The van der Waals surface area contributed by atoms with E-state index in [0.29, 0.717) is 6.54 Å². The molecule has 2 atom stereocenters. The van der Waals surface area contributed by atoms with Crippen molar-refractivity contribution in [1.29, 1.82) is 0 Å². The Morgan fingerprint density at radius 1 is 1.19 bits per heavy atom. The highest BCUT2D eigenvalue weighted by Gasteiger charge is 2.36. The molecule has 2 aromatic carbocycles. The van der Waals surface area contributed by atoms with Crippen molar-refractivity contribution >= 4 is 17.5 Å². The van der Waals surface area contributed by atoms with Crippen LogP contribution in [0.15, 0.2) is 42.5 Å². The number of aryl methyl sites for hydroxylation is 1. The molecule has 1 fully saturated rings. The second-order valence-corrected chi connectivity index (χ2v) is 7.10. The maximum Gasteiger partial charge on any atom is 0.227 e. The third kappa shape index (κ3) is 3.82. The van der Waals surface area contributed by atoms with Crippen LogP contribution in [0.3, 0.4) is 0 Å². The van der Waals surface area contributed by atoms with Gasteiger partial charge in [-0.2, -0.15) is 0 Å². The predicted molar refractivity (Wildman–Crippen MR) is 106 cm³/mol. The van der Waals surface area contributed by atoms with E-state index in [4.69, 9.17) is 4.74 Å². The van der Waals surface area contributed by atoms with Crippen molar-refractivity contribution in [2.45, 2.75) is 33.2 Å². The topological polar surface area (TPSA) is 58.6 Å². The Labute approximate surface area is 160 Å². The van der Waals surface area contributed by atoms with Crippen LogP contribution < -0.4 is 15.0 Å². The first-order valence-electron chi connectivity index (χ1n) is 9.22. The lowest BCUT2D eigenvalue weighted by molar-refractivity contribution is -0.126. The van der Waals surface area contributed by atoms with E-state index in [1.165, 1.54) is 0 Å². The maximum absolute atomic E-state index is 12.8. The zero-order valence-corrected chi connectivity index (χ0v) is 16.3. The Bertz CT molecular complexity index is 862. The van der Waals surface area contributed by atoms with E-state index in [1.807, 2.05) is 63.2 Å². The molecule has 1 saturated heterocycles. The van der Waals surface area contributed by atoms with Crippen LogP contribution in [0.5, 0.6) is 5.75 Å². The normalized spacial score (nSPS) is 17.7. The molecule has 0 saturated carbocycles. The standard InChI is InChI=1S/C22H26N2O3/c1-14-8-7-10-19(15(14)2)24-13-17(12-21(24)25)22(26)23-16(3)18-9-5-6-11-20(18)27-4/h5-11,16-17H,12-13H2,1-4H3,(H,23,26)/t16-,17+/m0/s1. The summed E-state index contributed by atoms with van der Waals surface area (Å²) in [5.74, 6) is 0.280. The van der Waals surface area contributed by atoms with E-state index in [2.05, 4.69) is 5.32 Å². The first-order valence-corrected chi connectivity index (χ1v) is 9.22. The molecule has 0 radical (unpaired) electrons. The fourth-order valence-corrected chi connectivity index (χ4v) is 3.58. The molecule has 1 aliphatic heterocycles. The van der Waals surface area contributed by atoms with E-state index in [-0.39, 0.29) is 30.2 Å². The van der Waals surface area contributed by atoms with Gasteiger partial charge in [-0.25, -0.2) is 0 Å². The average Bonchev–Trinajstić information content (AvgIpc) is 3.05. The van der Waals surface area contributed by atoms with Gasteiger partial charge in [0.1, 0.15) is 5.75 Å². The smallest absolute Gasteiger partial charge is 0.227 e. The Hall–Kier alpha value is -2.82. The number of carbonyl (C=O) groups excluding carboxylic acids is 2. The van der Waals surface area contributed by atoms with Crippen LogP contribution in [0.1, 0.15) is 36.1 Å². The van der Waals surface area contributed by atoms with Gasteiger partial charge in [0.05, 0.1) is 19.1 Å². The second-order valence-electron chi connectivity index (χ2n) is 7.10. The molecular weight excluding hydrogens is 340 g/mol. The van der Waals surface area contributed by atoms with Gasteiger partial charge in [0, 0.05) is 24.2 Å². The van der Waals surface area contributed by atoms with Crippen LogP contribution in [-0.4, -0.2) is 25.5 Å². The van der Waals surface area contributed by atoms with Gasteiger partial charge in [-0.1, -0.05) is 30.3 Å². The molecule has 0 bridgehead atoms. The van der Waals surface area contributed by atoms with Crippen LogP contribution >= 0.6 is 0 Å². The largest absolute Gasteiger partial charge is 0.496 e. The molecule has 0 unspecified atom stereocenters. The molecule has 1 aliphatic rings. The molecule has 2 aromatic rings. The first kappa shape index (κ1) is 19.0. The summed E-state index contributed by atoms with van der Waals surface area (Å²) in [5, 5.41) is 3.03. The lowest BCUT2D eigenvalue weighted by atomic mass is 10.0. The quantitative estimate of drug-likeness (QED) is 0.880. The number of para-hydroxylation sites is 1. The lowest BCUT2D eigenvalue weighted by Crippen LogP contribution is -2.34. The van der Waals surface area contributed by atoms with Crippen molar-refractivity contribution in [1.82, 2.24) is 5.32 Å². The van der Waals surface area contributed by atoms with Gasteiger partial charge in [0.15, 0.2) is 0 Å². The molecule has 0 aliphatic carbocycles. The monoisotopic (exact) mass is 366 g/mol. The maximum atomic E-state index is 12.8. The van der Waals surface area contributed by atoms with Gasteiger partial charge in [0.2, 0.25) is 11.8 Å². The third-order valence-electron chi connectivity index (χ3n) is 5.33. The summed E-state index contributed by atoms with van der Waals surface area (Å²) in [6, 6.07) is 13.3. The van der Waals surface area contributed by atoms with E-state index in [0.717, 1.165) is 28.1 Å². The summed E-state index contributed by atoms with van der Waals surface area (Å²) in [4.78, 5) is 27.0. The third-order valence-corrected chi connectivity index (χ3v) is 5.33. The fourth-order valence-electron chi connectivity index (χ4n) is 3.58. The number of nitrogens with one attached hydrogen (secondary N) is 1. The zero-order valence-electron chi connectivity index (χ0n) is 16.3. The Balaban J connectivity index is 1.71. The van der Waals surface area contributed by atoms with Crippen molar-refractivity contribution in [2.24, 2.45) is 5.92 Å². The Morgan fingerprint density at radius 2 is 1.93 bits per heavy atom. The Morgan fingerprint density at radius 3 is 2.67 bits per heavy atom. The molecule has 1 heterocycles. The summed E-state index contributed by atoms with van der Waals surface area (Å²) in [5.41, 5.74) is 4.03. The molecule has 5 nitrogen and oxygen atoms in total. The zero-order chi connectivity index (χ0) is 19.6. The van der Waals surface area contributed by atoms with Crippen LogP contribution in [0.2, 0.25) is 0 Å². The molecule has 5 heteroatoms. The number of benzene rings is 2. The van der Waals surface area contributed by atoms with Crippen molar-refractivity contribution in [3.8, 4) is 5.75 Å². The molecule has 142 valence electrons. The van der Waals surface area contributed by atoms with Crippen molar-refractivity contribution in [2.75, 3.05) is 18.6 Å². The minimum Gasteiger partial charge on any atom is -0.496 e. The van der Waals surface area contributed by atoms with E-state index < -0.39 is 0 Å². The van der Waals surface area contributed by atoms with Crippen LogP contribution in [0.4, 0.5) is 5.69 Å². The highest BCUT2D eigenvalue weighted by Crippen LogP contribution is 2.30. The number of ether oxygens (including phenoxy) is 1. The highest BCUT2D eigenvalue weighted by molar-refractivity contribution is 6.01. The molecule has 3 rings (SSSR count). The van der Waals surface area contributed by atoms with E-state index in [1.54, 1.807) is 12.0 Å². The van der Waals surface area contributed by atoms with Gasteiger partial charge in [0.25, 0.3) is 0 Å². The molecule has 0 aromatic heterocycles. The molecule has 2 amide bonds. The minimum absolute atomic E-state index is 0.00575. The summed E-state index contributed by atoms with van der Waals surface area (Å²) < 4.78 is 5.38. The van der Waals surface area contributed by atoms with Gasteiger partial charge < -0.3 is 15.0 Å². The summed E-state index contributed by atoms with van der Waals surface area (Å²) in [6.07, 6.45) is 0.234. The molecular formula is C22H26N2O3. The van der Waals surface area contributed by atoms with Gasteiger partial charge in [-0.05, 0) is 44.0 Å². The molecule has 27 heavy (non-hydrogen) atoms. The van der Waals surface area contributed by atoms with Crippen molar-refractivity contribution in [3.05, 3.63) is 59.2 Å². The van der Waals surface area contributed by atoms with Crippen LogP contribution in [-0.2, 0) is 9.59 Å². The first-order chi connectivity index (χ1) is 12.9. The van der Waals surface area contributed by atoms with Gasteiger partial charge in [-0.3, -0.25) is 9.59 Å².